The van der Waals surface area contributed by atoms with Gasteiger partial charge in [0.25, 0.3) is 0 Å². The number of rotatable bonds is 13. The Hall–Kier alpha value is -3.19. The molecule has 1 N–H and O–H groups in total. The van der Waals surface area contributed by atoms with Crippen LogP contribution in [0, 0.1) is 11.8 Å². The van der Waals surface area contributed by atoms with E-state index in [1.165, 1.54) is 7.11 Å². The Balaban J connectivity index is 1.61. The van der Waals surface area contributed by atoms with Crippen molar-refractivity contribution in [1.29, 1.82) is 0 Å². The van der Waals surface area contributed by atoms with Crippen LogP contribution in [-0.4, -0.2) is 48.9 Å². The first-order chi connectivity index (χ1) is 17.5. The lowest BCUT2D eigenvalue weighted by molar-refractivity contribution is -0.140. The smallest absolute Gasteiger partial charge is 0.338 e. The van der Waals surface area contributed by atoms with Gasteiger partial charge in [-0.15, -0.1) is 0 Å². The van der Waals surface area contributed by atoms with Crippen LogP contribution in [0.1, 0.15) is 72.1 Å². The molecule has 2 aromatic carbocycles. The average molecular weight is 497 g/mol. The third kappa shape index (κ3) is 7.92. The molecule has 1 fully saturated rings. The molecule has 1 aliphatic carbocycles. The van der Waals surface area contributed by atoms with Gasteiger partial charge in [0.15, 0.2) is 0 Å². The van der Waals surface area contributed by atoms with Gasteiger partial charge in [-0.05, 0) is 37.1 Å². The number of hydrogen-bond donors (Lipinski definition) is 1. The molecule has 7 nitrogen and oxygen atoms in total. The molecular weight excluding hydrogens is 460 g/mol. The number of aliphatic hydroxyl groups is 1. The SMILES string of the molecule is COC(=O)CCCCCCC[C@H]1[C@@H](CO)[C@@H](OC(=O)c2ccccc2)C[C@H]1OC(=O)c1ccccc1. The molecule has 4 atom stereocenters. The predicted molar refractivity (Wildman–Crippen MR) is 134 cm³/mol. The van der Waals surface area contributed by atoms with Crippen molar-refractivity contribution in [3.05, 3.63) is 71.8 Å². The molecule has 0 amide bonds. The van der Waals surface area contributed by atoms with E-state index in [0.717, 1.165) is 38.5 Å². The predicted octanol–water partition coefficient (Wildman–Crippen LogP) is 4.97. The van der Waals surface area contributed by atoms with Crippen molar-refractivity contribution in [3.63, 3.8) is 0 Å². The Morgan fingerprint density at radius 3 is 1.78 bits per heavy atom. The second kappa shape index (κ2) is 14.4. The van der Waals surface area contributed by atoms with E-state index in [9.17, 15) is 19.5 Å². The Bertz CT molecular complexity index is 960. The fraction of sp³-hybridized carbons (Fsp3) is 0.483. The van der Waals surface area contributed by atoms with Gasteiger partial charge in [0.2, 0.25) is 0 Å². The minimum absolute atomic E-state index is 0.119. The van der Waals surface area contributed by atoms with Crippen molar-refractivity contribution in [2.45, 2.75) is 63.6 Å². The maximum Gasteiger partial charge on any atom is 0.338 e. The lowest BCUT2D eigenvalue weighted by Gasteiger charge is -2.25. The first-order valence-electron chi connectivity index (χ1n) is 12.7. The van der Waals surface area contributed by atoms with E-state index in [1.807, 2.05) is 12.1 Å². The van der Waals surface area contributed by atoms with Crippen molar-refractivity contribution in [1.82, 2.24) is 0 Å². The molecule has 0 unspecified atom stereocenters. The molecule has 1 aliphatic rings. The largest absolute Gasteiger partial charge is 0.469 e. The fourth-order valence-electron chi connectivity index (χ4n) is 4.90. The molecule has 0 bridgehead atoms. The van der Waals surface area contributed by atoms with E-state index < -0.39 is 24.1 Å². The number of ether oxygens (including phenoxy) is 3. The van der Waals surface area contributed by atoms with Crippen LogP contribution in [0.25, 0.3) is 0 Å². The Labute approximate surface area is 212 Å². The average Bonchev–Trinajstić information content (AvgIpc) is 3.23. The topological polar surface area (TPSA) is 99.1 Å². The van der Waals surface area contributed by atoms with E-state index >= 15 is 0 Å². The molecule has 0 aromatic heterocycles. The number of benzene rings is 2. The zero-order valence-electron chi connectivity index (χ0n) is 20.8. The molecular formula is C29H36O7. The van der Waals surface area contributed by atoms with Crippen LogP contribution in [-0.2, 0) is 19.0 Å². The Morgan fingerprint density at radius 1 is 0.750 bits per heavy atom. The second-order valence-corrected chi connectivity index (χ2v) is 9.25. The molecule has 0 radical (unpaired) electrons. The molecule has 194 valence electrons. The number of methoxy groups -OCH3 is 1. The summed E-state index contributed by atoms with van der Waals surface area (Å²) >= 11 is 0. The molecule has 2 aromatic rings. The monoisotopic (exact) mass is 496 g/mol. The molecule has 0 aliphatic heterocycles. The van der Waals surface area contributed by atoms with Crippen LogP contribution in [0.2, 0.25) is 0 Å². The third-order valence-corrected chi connectivity index (χ3v) is 6.86. The highest BCUT2D eigenvalue weighted by molar-refractivity contribution is 5.90. The highest BCUT2D eigenvalue weighted by Crippen LogP contribution is 2.40. The van der Waals surface area contributed by atoms with Crippen LogP contribution >= 0.6 is 0 Å². The summed E-state index contributed by atoms with van der Waals surface area (Å²) in [7, 11) is 1.40. The number of hydrogen-bond acceptors (Lipinski definition) is 7. The van der Waals surface area contributed by atoms with Gasteiger partial charge in [-0.3, -0.25) is 4.79 Å². The number of carbonyl (C=O) groups is 3. The first kappa shape index (κ1) is 27.4. The summed E-state index contributed by atoms with van der Waals surface area (Å²) in [6.45, 7) is -0.157. The van der Waals surface area contributed by atoms with Crippen LogP contribution in [0.3, 0.4) is 0 Å². The summed E-state index contributed by atoms with van der Waals surface area (Å²) in [4.78, 5) is 36.7. The van der Waals surface area contributed by atoms with Gasteiger partial charge in [0, 0.05) is 31.3 Å². The van der Waals surface area contributed by atoms with E-state index in [4.69, 9.17) is 9.47 Å². The van der Waals surface area contributed by atoms with Gasteiger partial charge in [-0.2, -0.15) is 0 Å². The molecule has 1 saturated carbocycles. The molecule has 7 heteroatoms. The van der Waals surface area contributed by atoms with Gasteiger partial charge in [-0.1, -0.05) is 62.1 Å². The van der Waals surface area contributed by atoms with Crippen molar-refractivity contribution < 1.29 is 33.7 Å². The molecule has 36 heavy (non-hydrogen) atoms. The zero-order valence-corrected chi connectivity index (χ0v) is 20.8. The number of unbranched alkanes of at least 4 members (excludes halogenated alkanes) is 4. The van der Waals surface area contributed by atoms with Crippen LogP contribution in [0.15, 0.2) is 60.7 Å². The van der Waals surface area contributed by atoms with Gasteiger partial charge >= 0.3 is 17.9 Å². The van der Waals surface area contributed by atoms with Crippen molar-refractivity contribution in [2.24, 2.45) is 11.8 Å². The Morgan fingerprint density at radius 2 is 1.25 bits per heavy atom. The van der Waals surface area contributed by atoms with Gasteiger partial charge < -0.3 is 19.3 Å². The Kier molecular flexibility index (Phi) is 11.0. The lowest BCUT2D eigenvalue weighted by atomic mass is 9.89. The maximum atomic E-state index is 12.8. The standard InChI is InChI=1S/C29H36O7/c1-34-27(31)18-12-4-2-3-11-17-23-24(20-30)26(36-29(33)22-15-9-6-10-16-22)19-25(23)35-28(32)21-13-7-5-8-14-21/h5-10,13-16,23-26,30H,2-4,11-12,17-20H2,1H3/t23-,24+,25+,26-/m0/s1. The number of carbonyl (C=O) groups excluding carboxylic acids is 3. The molecule has 3 rings (SSSR count). The summed E-state index contributed by atoms with van der Waals surface area (Å²) in [5.41, 5.74) is 0.912. The van der Waals surface area contributed by atoms with Crippen molar-refractivity contribution in [2.75, 3.05) is 13.7 Å². The minimum atomic E-state index is -0.540. The quantitative estimate of drug-likeness (QED) is 0.237. The summed E-state index contributed by atoms with van der Waals surface area (Å²) in [6.07, 6.45) is 5.09. The van der Waals surface area contributed by atoms with Gasteiger partial charge in [0.1, 0.15) is 12.2 Å². The first-order valence-corrected chi connectivity index (χ1v) is 12.7. The van der Waals surface area contributed by atoms with E-state index in [2.05, 4.69) is 4.74 Å². The summed E-state index contributed by atoms with van der Waals surface area (Å²) in [5.74, 6) is -1.48. The maximum absolute atomic E-state index is 12.8. The van der Waals surface area contributed by atoms with E-state index in [1.54, 1.807) is 48.5 Å². The summed E-state index contributed by atoms with van der Waals surface area (Å²) in [5, 5.41) is 10.2. The highest BCUT2D eigenvalue weighted by atomic mass is 16.6. The lowest BCUT2D eigenvalue weighted by Crippen LogP contribution is -2.29. The van der Waals surface area contributed by atoms with Gasteiger partial charge in [-0.25, -0.2) is 9.59 Å². The molecule has 0 spiro atoms. The fourth-order valence-corrected chi connectivity index (χ4v) is 4.90. The third-order valence-electron chi connectivity index (χ3n) is 6.86. The highest BCUT2D eigenvalue weighted by Gasteiger charge is 2.46. The number of aliphatic hydroxyl groups excluding tert-OH is 1. The van der Waals surface area contributed by atoms with Gasteiger partial charge in [0.05, 0.1) is 18.2 Å². The van der Waals surface area contributed by atoms with Crippen LogP contribution in [0.5, 0.6) is 0 Å². The van der Waals surface area contributed by atoms with Crippen LogP contribution < -0.4 is 0 Å². The normalized spacial score (nSPS) is 21.1. The van der Waals surface area contributed by atoms with E-state index in [0.29, 0.717) is 24.0 Å². The molecule has 0 saturated heterocycles. The minimum Gasteiger partial charge on any atom is -0.469 e. The van der Waals surface area contributed by atoms with Crippen molar-refractivity contribution >= 4 is 17.9 Å². The summed E-state index contributed by atoms with van der Waals surface area (Å²) < 4.78 is 16.4. The molecule has 0 heterocycles. The zero-order chi connectivity index (χ0) is 25.8. The van der Waals surface area contributed by atoms with E-state index in [-0.39, 0.29) is 24.4 Å². The number of esters is 3. The summed E-state index contributed by atoms with van der Waals surface area (Å²) in [6, 6.07) is 17.6. The second-order valence-electron chi connectivity index (χ2n) is 9.25. The van der Waals surface area contributed by atoms with Crippen molar-refractivity contribution in [3.8, 4) is 0 Å². The van der Waals surface area contributed by atoms with Crippen LogP contribution in [0.4, 0.5) is 0 Å².